The molecule has 7 nitrogen and oxygen atoms in total. The summed E-state index contributed by atoms with van der Waals surface area (Å²) in [5, 5.41) is 0. The summed E-state index contributed by atoms with van der Waals surface area (Å²) in [6.07, 6.45) is 1.89. The van der Waals surface area contributed by atoms with Crippen LogP contribution in [0.15, 0.2) is 42.0 Å². The molecule has 31 heavy (non-hydrogen) atoms. The third kappa shape index (κ3) is 4.77. The Morgan fingerprint density at radius 2 is 1.71 bits per heavy atom. The largest absolute Gasteiger partial charge is 0.493 e. The standard InChI is InChI=1S/C24H28N2O5/c1-17(12-18-4-6-20(28-2)22(13-18)29-3)24(27)26-10-8-25(9-11-26)15-19-5-7-21-23(14-19)31-16-30-21/h4-7,12-14H,8-11,15-16H2,1-3H3/b17-12+. The normalized spacial score (nSPS) is 16.4. The number of piperazine rings is 1. The van der Waals surface area contributed by atoms with Gasteiger partial charge in [-0.1, -0.05) is 12.1 Å². The molecule has 0 bridgehead atoms. The SMILES string of the molecule is COc1ccc(/C=C(\C)C(=O)N2CCN(Cc3ccc4c(c3)OCO4)CC2)cc1OC. The van der Waals surface area contributed by atoms with Gasteiger partial charge in [0.25, 0.3) is 0 Å². The Balaban J connectivity index is 1.34. The Morgan fingerprint density at radius 3 is 2.45 bits per heavy atom. The number of benzene rings is 2. The molecule has 2 aliphatic rings. The second kappa shape index (κ2) is 9.31. The number of carbonyl (C=O) groups excluding carboxylic acids is 1. The second-order valence-electron chi connectivity index (χ2n) is 7.70. The van der Waals surface area contributed by atoms with Gasteiger partial charge in [-0.2, -0.15) is 0 Å². The maximum absolute atomic E-state index is 12.9. The minimum absolute atomic E-state index is 0.0671. The van der Waals surface area contributed by atoms with Crippen LogP contribution in [0.2, 0.25) is 0 Å². The molecule has 2 aromatic carbocycles. The van der Waals surface area contributed by atoms with Crippen molar-refractivity contribution in [2.75, 3.05) is 47.2 Å². The van der Waals surface area contributed by atoms with E-state index < -0.39 is 0 Å². The molecule has 0 radical (unpaired) electrons. The van der Waals surface area contributed by atoms with Crippen molar-refractivity contribution < 1.29 is 23.7 Å². The Kier molecular flexibility index (Phi) is 6.32. The maximum Gasteiger partial charge on any atom is 0.249 e. The van der Waals surface area contributed by atoms with Crippen LogP contribution in [0.3, 0.4) is 0 Å². The quantitative estimate of drug-likeness (QED) is 0.664. The molecule has 1 fully saturated rings. The van der Waals surface area contributed by atoms with Crippen molar-refractivity contribution in [3.05, 3.63) is 53.1 Å². The van der Waals surface area contributed by atoms with Crippen molar-refractivity contribution >= 4 is 12.0 Å². The van der Waals surface area contributed by atoms with Crippen LogP contribution >= 0.6 is 0 Å². The van der Waals surface area contributed by atoms with Crippen LogP contribution in [-0.2, 0) is 11.3 Å². The fourth-order valence-corrected chi connectivity index (χ4v) is 3.91. The number of rotatable bonds is 6. The zero-order valence-corrected chi connectivity index (χ0v) is 18.2. The summed E-state index contributed by atoms with van der Waals surface area (Å²) in [6.45, 7) is 6.07. The molecule has 1 saturated heterocycles. The van der Waals surface area contributed by atoms with E-state index in [2.05, 4.69) is 11.0 Å². The van der Waals surface area contributed by atoms with Gasteiger partial charge < -0.3 is 23.8 Å². The molecule has 2 aliphatic heterocycles. The molecule has 0 aromatic heterocycles. The van der Waals surface area contributed by atoms with Crippen LogP contribution in [0.4, 0.5) is 0 Å². The highest BCUT2D eigenvalue weighted by Gasteiger charge is 2.23. The van der Waals surface area contributed by atoms with Gasteiger partial charge in [0.2, 0.25) is 12.7 Å². The van der Waals surface area contributed by atoms with Gasteiger partial charge in [0.15, 0.2) is 23.0 Å². The Bertz CT molecular complexity index is 980. The van der Waals surface area contributed by atoms with Gasteiger partial charge in [0, 0.05) is 38.3 Å². The highest BCUT2D eigenvalue weighted by molar-refractivity contribution is 5.97. The molecular weight excluding hydrogens is 396 g/mol. The van der Waals surface area contributed by atoms with E-state index in [0.717, 1.165) is 36.7 Å². The van der Waals surface area contributed by atoms with Crippen LogP contribution in [0.25, 0.3) is 6.08 Å². The Hall–Kier alpha value is -3.19. The molecule has 164 valence electrons. The molecule has 2 aromatic rings. The van der Waals surface area contributed by atoms with E-state index in [4.69, 9.17) is 18.9 Å². The first-order valence-corrected chi connectivity index (χ1v) is 10.4. The number of carbonyl (C=O) groups is 1. The molecular formula is C24H28N2O5. The minimum Gasteiger partial charge on any atom is -0.493 e. The summed E-state index contributed by atoms with van der Waals surface area (Å²) >= 11 is 0. The fourth-order valence-electron chi connectivity index (χ4n) is 3.91. The number of ether oxygens (including phenoxy) is 4. The first kappa shape index (κ1) is 21.1. The summed E-state index contributed by atoms with van der Waals surface area (Å²) in [7, 11) is 3.21. The van der Waals surface area contributed by atoms with E-state index in [0.29, 0.717) is 30.2 Å². The molecule has 7 heteroatoms. The third-order valence-electron chi connectivity index (χ3n) is 5.63. The summed E-state index contributed by atoms with van der Waals surface area (Å²) in [5.74, 6) is 2.99. The van der Waals surface area contributed by atoms with Crippen LogP contribution in [0, 0.1) is 0 Å². The van der Waals surface area contributed by atoms with Crippen molar-refractivity contribution in [3.63, 3.8) is 0 Å². The minimum atomic E-state index is 0.0671. The van der Waals surface area contributed by atoms with Gasteiger partial charge in [-0.25, -0.2) is 0 Å². The van der Waals surface area contributed by atoms with Gasteiger partial charge in [-0.3, -0.25) is 9.69 Å². The number of hydrogen-bond acceptors (Lipinski definition) is 6. The molecule has 0 aliphatic carbocycles. The lowest BCUT2D eigenvalue weighted by molar-refractivity contribution is -0.128. The maximum atomic E-state index is 12.9. The predicted octanol–water partition coefficient (Wildman–Crippen LogP) is 3.18. The average molecular weight is 424 g/mol. The molecule has 1 amide bonds. The second-order valence-corrected chi connectivity index (χ2v) is 7.70. The van der Waals surface area contributed by atoms with Gasteiger partial charge >= 0.3 is 0 Å². The summed E-state index contributed by atoms with van der Waals surface area (Å²) in [4.78, 5) is 17.2. The lowest BCUT2D eigenvalue weighted by atomic mass is 10.1. The van der Waals surface area contributed by atoms with Gasteiger partial charge in [0.1, 0.15) is 0 Å². The highest BCUT2D eigenvalue weighted by Crippen LogP contribution is 2.33. The third-order valence-corrected chi connectivity index (χ3v) is 5.63. The highest BCUT2D eigenvalue weighted by atomic mass is 16.7. The first-order valence-electron chi connectivity index (χ1n) is 10.4. The topological polar surface area (TPSA) is 60.5 Å². The lowest BCUT2D eigenvalue weighted by Gasteiger charge is -2.35. The number of methoxy groups -OCH3 is 2. The number of nitrogens with zero attached hydrogens (tertiary/aromatic N) is 2. The van der Waals surface area contributed by atoms with E-state index in [1.54, 1.807) is 14.2 Å². The molecule has 0 saturated carbocycles. The fraction of sp³-hybridized carbons (Fsp3) is 0.375. The predicted molar refractivity (Wildman–Crippen MR) is 118 cm³/mol. The van der Waals surface area contributed by atoms with Crippen LogP contribution in [-0.4, -0.2) is 62.9 Å². The van der Waals surface area contributed by atoms with Gasteiger partial charge in [-0.05, 0) is 48.4 Å². The van der Waals surface area contributed by atoms with E-state index in [1.807, 2.05) is 48.2 Å². The number of amides is 1. The van der Waals surface area contributed by atoms with Crippen molar-refractivity contribution in [3.8, 4) is 23.0 Å². The number of hydrogen-bond donors (Lipinski definition) is 0. The van der Waals surface area contributed by atoms with Crippen LogP contribution in [0.5, 0.6) is 23.0 Å². The summed E-state index contributed by atoms with van der Waals surface area (Å²) in [6, 6.07) is 11.7. The van der Waals surface area contributed by atoms with Gasteiger partial charge in [0.05, 0.1) is 14.2 Å². The molecule has 0 N–H and O–H groups in total. The monoisotopic (exact) mass is 424 g/mol. The summed E-state index contributed by atoms with van der Waals surface area (Å²) in [5.41, 5.74) is 2.80. The Labute approximate surface area is 182 Å². The molecule has 0 unspecified atom stereocenters. The van der Waals surface area contributed by atoms with E-state index >= 15 is 0 Å². The summed E-state index contributed by atoms with van der Waals surface area (Å²) < 4.78 is 21.5. The van der Waals surface area contributed by atoms with E-state index in [1.165, 1.54) is 5.56 Å². The lowest BCUT2D eigenvalue weighted by Crippen LogP contribution is -2.48. The van der Waals surface area contributed by atoms with Crippen LogP contribution in [0.1, 0.15) is 18.1 Å². The van der Waals surface area contributed by atoms with Crippen molar-refractivity contribution in [1.29, 1.82) is 0 Å². The van der Waals surface area contributed by atoms with Crippen molar-refractivity contribution in [1.82, 2.24) is 9.80 Å². The van der Waals surface area contributed by atoms with E-state index in [-0.39, 0.29) is 12.7 Å². The smallest absolute Gasteiger partial charge is 0.249 e. The average Bonchev–Trinajstić information content (AvgIpc) is 3.27. The number of fused-ring (bicyclic) bond motifs is 1. The molecule has 2 heterocycles. The Morgan fingerprint density at radius 1 is 0.968 bits per heavy atom. The zero-order valence-electron chi connectivity index (χ0n) is 18.2. The first-order chi connectivity index (χ1) is 15.1. The van der Waals surface area contributed by atoms with Crippen molar-refractivity contribution in [2.24, 2.45) is 0 Å². The molecule has 0 spiro atoms. The molecule has 0 atom stereocenters. The van der Waals surface area contributed by atoms with Gasteiger partial charge in [-0.15, -0.1) is 0 Å². The van der Waals surface area contributed by atoms with Crippen LogP contribution < -0.4 is 18.9 Å². The van der Waals surface area contributed by atoms with Crippen molar-refractivity contribution in [2.45, 2.75) is 13.5 Å². The molecule has 4 rings (SSSR count). The van der Waals surface area contributed by atoms with E-state index in [9.17, 15) is 4.79 Å². The zero-order chi connectivity index (χ0) is 21.8.